The summed E-state index contributed by atoms with van der Waals surface area (Å²) in [4.78, 5) is 11.6. The minimum absolute atomic E-state index is 0.00626. The van der Waals surface area contributed by atoms with E-state index in [1.165, 1.54) is 0 Å². The van der Waals surface area contributed by atoms with E-state index in [1.54, 1.807) is 36.4 Å². The van der Waals surface area contributed by atoms with Crippen LogP contribution in [0, 0.1) is 0 Å². The molecule has 22 heavy (non-hydrogen) atoms. The fourth-order valence-electron chi connectivity index (χ4n) is 1.61. The molecule has 0 atom stereocenters. The normalized spacial score (nSPS) is 10.9. The summed E-state index contributed by atoms with van der Waals surface area (Å²) >= 11 is 0. The number of carbonyl (C=O) groups excluding carboxylic acids is 1. The highest BCUT2D eigenvalue weighted by atomic mass is 16.5. The van der Waals surface area contributed by atoms with E-state index in [0.717, 1.165) is 5.57 Å². The summed E-state index contributed by atoms with van der Waals surface area (Å²) in [5, 5.41) is 14.2. The van der Waals surface area contributed by atoms with Crippen LogP contribution in [-0.2, 0) is 4.79 Å². The molecule has 1 aromatic rings. The van der Waals surface area contributed by atoms with Gasteiger partial charge in [-0.15, -0.1) is 0 Å². The molecule has 0 saturated carbocycles. The highest BCUT2D eigenvalue weighted by molar-refractivity contribution is 5.92. The largest absolute Gasteiger partial charge is 0.489 e. The Labute approximate surface area is 131 Å². The highest BCUT2D eigenvalue weighted by Gasteiger charge is 2.02. The molecule has 0 bridgehead atoms. The van der Waals surface area contributed by atoms with Crippen molar-refractivity contribution < 1.29 is 14.6 Å². The zero-order valence-electron chi connectivity index (χ0n) is 12.5. The summed E-state index contributed by atoms with van der Waals surface area (Å²) in [5.74, 6) is 0.540. The van der Waals surface area contributed by atoms with Crippen molar-refractivity contribution in [3.8, 4) is 5.75 Å². The van der Waals surface area contributed by atoms with Crippen molar-refractivity contribution in [3.05, 3.63) is 61.2 Å². The molecule has 3 N–H and O–H groups in total. The lowest BCUT2D eigenvalue weighted by molar-refractivity contribution is -0.115. The molecule has 1 amide bonds. The molecule has 0 radical (unpaired) electrons. The summed E-state index contributed by atoms with van der Waals surface area (Å²) in [6, 6.07) is 7.10. The molecule has 0 spiro atoms. The van der Waals surface area contributed by atoms with E-state index >= 15 is 0 Å². The van der Waals surface area contributed by atoms with E-state index in [4.69, 9.17) is 9.84 Å². The van der Waals surface area contributed by atoms with Gasteiger partial charge in [-0.25, -0.2) is 0 Å². The Bertz CT molecular complexity index is 521. The second-order valence-corrected chi connectivity index (χ2v) is 4.44. The third kappa shape index (κ3) is 6.88. The van der Waals surface area contributed by atoms with E-state index in [1.807, 2.05) is 6.08 Å². The quantitative estimate of drug-likeness (QED) is 0.456. The Balaban J connectivity index is 2.45. The lowest BCUT2D eigenvalue weighted by Crippen LogP contribution is -2.29. The van der Waals surface area contributed by atoms with Crippen LogP contribution in [0.5, 0.6) is 5.75 Å². The van der Waals surface area contributed by atoms with Gasteiger partial charge in [-0.1, -0.05) is 31.4 Å². The Morgan fingerprint density at radius 2 is 2.00 bits per heavy atom. The number of allylic oxidation sites excluding steroid dienone is 2. The Hall–Kier alpha value is -2.37. The number of amides is 1. The second-order valence-electron chi connectivity index (χ2n) is 4.44. The van der Waals surface area contributed by atoms with Gasteiger partial charge in [0.25, 0.3) is 0 Å². The van der Waals surface area contributed by atoms with Crippen molar-refractivity contribution in [1.82, 2.24) is 5.32 Å². The molecule has 0 aliphatic rings. The Morgan fingerprint density at radius 3 is 2.59 bits per heavy atom. The van der Waals surface area contributed by atoms with E-state index in [9.17, 15) is 4.79 Å². The maximum atomic E-state index is 11.6. The van der Waals surface area contributed by atoms with Crippen LogP contribution >= 0.6 is 0 Å². The van der Waals surface area contributed by atoms with Gasteiger partial charge >= 0.3 is 0 Å². The highest BCUT2D eigenvalue weighted by Crippen LogP contribution is 2.16. The van der Waals surface area contributed by atoms with Crippen LogP contribution in [-0.4, -0.2) is 37.3 Å². The standard InChI is InChI=1S/C17H22N2O3/c1-3-5-14(4-2)13-22-16-8-6-15(7-9-16)19-17(21)12-18-10-11-20/h3-9,18,20H,1-2,10-13H2,(H,19,21)/b14-5+. The number of hydrogen-bond acceptors (Lipinski definition) is 4. The molecule has 0 unspecified atom stereocenters. The zero-order valence-corrected chi connectivity index (χ0v) is 12.5. The van der Waals surface area contributed by atoms with Crippen LogP contribution in [0.3, 0.4) is 0 Å². The molecule has 0 aliphatic carbocycles. The molecule has 0 aliphatic heterocycles. The van der Waals surface area contributed by atoms with Crippen LogP contribution in [0.1, 0.15) is 0 Å². The molecule has 1 aromatic carbocycles. The fraction of sp³-hybridized carbons (Fsp3) is 0.235. The topological polar surface area (TPSA) is 70.6 Å². The van der Waals surface area contributed by atoms with Crippen molar-refractivity contribution in [2.75, 3.05) is 31.6 Å². The molecule has 0 aromatic heterocycles. The number of nitrogens with one attached hydrogen (secondary N) is 2. The average Bonchev–Trinajstić information content (AvgIpc) is 2.53. The summed E-state index contributed by atoms with van der Waals surface area (Å²) in [7, 11) is 0. The maximum absolute atomic E-state index is 11.6. The molecular formula is C17H22N2O3. The number of carbonyl (C=O) groups is 1. The summed E-state index contributed by atoms with van der Waals surface area (Å²) < 4.78 is 5.61. The predicted molar refractivity (Wildman–Crippen MR) is 89.0 cm³/mol. The van der Waals surface area contributed by atoms with Gasteiger partial charge in [0.15, 0.2) is 0 Å². The van der Waals surface area contributed by atoms with Gasteiger partial charge in [-0.2, -0.15) is 0 Å². The number of ether oxygens (including phenoxy) is 1. The van der Waals surface area contributed by atoms with E-state index < -0.39 is 0 Å². The number of benzene rings is 1. The summed E-state index contributed by atoms with van der Waals surface area (Å²) in [5.41, 5.74) is 1.62. The first-order valence-corrected chi connectivity index (χ1v) is 6.98. The first kappa shape index (κ1) is 17.7. The molecule has 0 fully saturated rings. The van der Waals surface area contributed by atoms with Gasteiger partial charge in [-0.05, 0) is 29.8 Å². The van der Waals surface area contributed by atoms with Crippen molar-refractivity contribution >= 4 is 11.6 Å². The van der Waals surface area contributed by atoms with Crippen molar-refractivity contribution in [2.24, 2.45) is 0 Å². The predicted octanol–water partition coefficient (Wildman–Crippen LogP) is 1.88. The number of anilines is 1. The monoisotopic (exact) mass is 302 g/mol. The lowest BCUT2D eigenvalue weighted by atomic mass is 10.2. The van der Waals surface area contributed by atoms with Crippen LogP contribution in [0.25, 0.3) is 0 Å². The van der Waals surface area contributed by atoms with Gasteiger partial charge in [0.1, 0.15) is 12.4 Å². The van der Waals surface area contributed by atoms with Crippen molar-refractivity contribution in [2.45, 2.75) is 0 Å². The third-order valence-electron chi connectivity index (χ3n) is 2.71. The van der Waals surface area contributed by atoms with Gasteiger partial charge < -0.3 is 20.5 Å². The average molecular weight is 302 g/mol. The maximum Gasteiger partial charge on any atom is 0.238 e. The summed E-state index contributed by atoms with van der Waals surface area (Å²) in [6.45, 7) is 8.30. The van der Waals surface area contributed by atoms with Crippen LogP contribution < -0.4 is 15.4 Å². The number of aliphatic hydroxyl groups is 1. The summed E-state index contributed by atoms with van der Waals surface area (Å²) in [6.07, 6.45) is 5.24. The second kappa shape index (κ2) is 10.4. The van der Waals surface area contributed by atoms with Crippen molar-refractivity contribution in [1.29, 1.82) is 0 Å². The number of rotatable bonds is 10. The van der Waals surface area contributed by atoms with Gasteiger partial charge in [0.2, 0.25) is 5.91 Å². The number of hydrogen-bond donors (Lipinski definition) is 3. The van der Waals surface area contributed by atoms with Crippen LogP contribution in [0.15, 0.2) is 61.2 Å². The first-order valence-electron chi connectivity index (χ1n) is 6.98. The SMILES string of the molecule is C=C/C=C(\C=C)COc1ccc(NC(=O)CNCCO)cc1. The van der Waals surface area contributed by atoms with Crippen LogP contribution in [0.2, 0.25) is 0 Å². The Kier molecular flexibility index (Phi) is 8.33. The molecule has 0 saturated heterocycles. The molecule has 0 heterocycles. The first-order chi connectivity index (χ1) is 10.7. The molecule has 118 valence electrons. The third-order valence-corrected chi connectivity index (χ3v) is 2.71. The number of aliphatic hydroxyl groups excluding tert-OH is 1. The molecular weight excluding hydrogens is 280 g/mol. The minimum atomic E-state index is -0.162. The Morgan fingerprint density at radius 1 is 1.27 bits per heavy atom. The van der Waals surface area contributed by atoms with Crippen LogP contribution in [0.4, 0.5) is 5.69 Å². The van der Waals surface area contributed by atoms with E-state index in [0.29, 0.717) is 24.6 Å². The van der Waals surface area contributed by atoms with Crippen molar-refractivity contribution in [3.63, 3.8) is 0 Å². The molecule has 5 heteroatoms. The minimum Gasteiger partial charge on any atom is -0.489 e. The van der Waals surface area contributed by atoms with E-state index in [-0.39, 0.29) is 19.1 Å². The zero-order chi connectivity index (χ0) is 16.2. The smallest absolute Gasteiger partial charge is 0.238 e. The van der Waals surface area contributed by atoms with Gasteiger partial charge in [-0.3, -0.25) is 4.79 Å². The molecule has 1 rings (SSSR count). The van der Waals surface area contributed by atoms with Gasteiger partial charge in [0.05, 0.1) is 13.2 Å². The van der Waals surface area contributed by atoms with Gasteiger partial charge in [0, 0.05) is 12.2 Å². The lowest BCUT2D eigenvalue weighted by Gasteiger charge is -2.09. The molecule has 5 nitrogen and oxygen atoms in total. The fourth-order valence-corrected chi connectivity index (χ4v) is 1.61. The van der Waals surface area contributed by atoms with E-state index in [2.05, 4.69) is 23.8 Å².